The molecule has 0 amide bonds. The Morgan fingerprint density at radius 3 is 2.59 bits per heavy atom. The van der Waals surface area contributed by atoms with Crippen molar-refractivity contribution in [2.75, 3.05) is 13.2 Å². The maximum Gasteiger partial charge on any atom is 0.336 e. The summed E-state index contributed by atoms with van der Waals surface area (Å²) in [4.78, 5) is 11.9. The van der Waals surface area contributed by atoms with Crippen LogP contribution < -0.4 is 20.4 Å². The summed E-state index contributed by atoms with van der Waals surface area (Å²) >= 11 is 0. The molecule has 2 aromatic carbocycles. The van der Waals surface area contributed by atoms with E-state index in [4.69, 9.17) is 13.9 Å². The van der Waals surface area contributed by atoms with Gasteiger partial charge in [-0.1, -0.05) is 19.1 Å². The molecule has 4 rings (SSSR count). The predicted molar refractivity (Wildman–Crippen MR) is 104 cm³/mol. The van der Waals surface area contributed by atoms with E-state index in [1.165, 1.54) is 5.56 Å². The number of aryl methyl sites for hydroxylation is 1. The number of ether oxygens (including phenoxy) is 2. The molecule has 5 nitrogen and oxygen atoms in total. The molecule has 1 N–H and O–H groups in total. The standard InChI is InChI=1S/C22H23NO4/c1-2-15-4-6-19-18(10-15)17(12-22(24)27-19)14-23-13-16-5-7-20-21(11-16)26-9-3-8-25-20/h4-7,10-12,23H,2-3,8-9,13-14H2,1H3. The first-order chi connectivity index (χ1) is 13.2. The van der Waals surface area contributed by atoms with Crippen LogP contribution in [0.25, 0.3) is 11.0 Å². The lowest BCUT2D eigenvalue weighted by atomic mass is 10.1. The second-order valence-corrected chi connectivity index (χ2v) is 6.71. The quantitative estimate of drug-likeness (QED) is 0.697. The van der Waals surface area contributed by atoms with Crippen LogP contribution in [0.4, 0.5) is 0 Å². The van der Waals surface area contributed by atoms with Crippen molar-refractivity contribution in [2.45, 2.75) is 32.9 Å². The molecule has 2 heterocycles. The minimum Gasteiger partial charge on any atom is -0.490 e. The number of benzene rings is 2. The number of rotatable bonds is 5. The zero-order chi connectivity index (χ0) is 18.6. The fourth-order valence-corrected chi connectivity index (χ4v) is 3.30. The Bertz CT molecular complexity index is 1010. The summed E-state index contributed by atoms with van der Waals surface area (Å²) in [5.41, 5.74) is 3.60. The third-order valence-electron chi connectivity index (χ3n) is 4.76. The van der Waals surface area contributed by atoms with Gasteiger partial charge in [0, 0.05) is 31.0 Å². The lowest BCUT2D eigenvalue weighted by molar-refractivity contribution is 0.297. The molecule has 140 valence electrons. The normalized spacial score (nSPS) is 13.5. The van der Waals surface area contributed by atoms with Gasteiger partial charge in [0.2, 0.25) is 0 Å². The van der Waals surface area contributed by atoms with Gasteiger partial charge in [0.1, 0.15) is 5.58 Å². The van der Waals surface area contributed by atoms with Crippen molar-refractivity contribution in [3.63, 3.8) is 0 Å². The van der Waals surface area contributed by atoms with Gasteiger partial charge in [0.25, 0.3) is 0 Å². The minimum atomic E-state index is -0.320. The zero-order valence-electron chi connectivity index (χ0n) is 15.4. The fourth-order valence-electron chi connectivity index (χ4n) is 3.30. The van der Waals surface area contributed by atoms with Crippen molar-refractivity contribution in [3.05, 3.63) is 69.6 Å². The van der Waals surface area contributed by atoms with Crippen molar-refractivity contribution in [1.82, 2.24) is 5.32 Å². The van der Waals surface area contributed by atoms with Crippen molar-refractivity contribution in [2.24, 2.45) is 0 Å². The molecule has 1 aliphatic heterocycles. The van der Waals surface area contributed by atoms with Crippen LogP contribution in [0.2, 0.25) is 0 Å². The molecule has 27 heavy (non-hydrogen) atoms. The molecule has 3 aromatic rings. The van der Waals surface area contributed by atoms with E-state index >= 15 is 0 Å². The molecule has 0 saturated heterocycles. The van der Waals surface area contributed by atoms with Crippen LogP contribution in [-0.2, 0) is 19.5 Å². The number of hydrogen-bond acceptors (Lipinski definition) is 5. The molecule has 1 aromatic heterocycles. The van der Waals surface area contributed by atoms with Gasteiger partial charge in [-0.2, -0.15) is 0 Å². The van der Waals surface area contributed by atoms with Crippen molar-refractivity contribution in [1.29, 1.82) is 0 Å². The second kappa shape index (κ2) is 7.84. The first-order valence-electron chi connectivity index (χ1n) is 9.38. The van der Waals surface area contributed by atoms with Gasteiger partial charge in [-0.3, -0.25) is 0 Å². The molecule has 5 heteroatoms. The Kier molecular flexibility index (Phi) is 5.12. The summed E-state index contributed by atoms with van der Waals surface area (Å²) in [6.07, 6.45) is 1.84. The summed E-state index contributed by atoms with van der Waals surface area (Å²) in [7, 11) is 0. The predicted octanol–water partition coefficient (Wildman–Crippen LogP) is 3.81. The van der Waals surface area contributed by atoms with E-state index in [1.807, 2.05) is 30.3 Å². The monoisotopic (exact) mass is 365 g/mol. The van der Waals surface area contributed by atoms with Crippen molar-refractivity contribution >= 4 is 11.0 Å². The maximum absolute atomic E-state index is 11.9. The van der Waals surface area contributed by atoms with Crippen LogP contribution in [0, 0.1) is 0 Å². The van der Waals surface area contributed by atoms with Crippen molar-refractivity contribution in [3.8, 4) is 11.5 Å². The molecule has 0 bridgehead atoms. The first kappa shape index (κ1) is 17.6. The van der Waals surface area contributed by atoms with Gasteiger partial charge in [-0.05, 0) is 47.4 Å². The highest BCUT2D eigenvalue weighted by Crippen LogP contribution is 2.30. The third kappa shape index (κ3) is 3.98. The van der Waals surface area contributed by atoms with Gasteiger partial charge < -0.3 is 19.2 Å². The van der Waals surface area contributed by atoms with Gasteiger partial charge in [0.05, 0.1) is 13.2 Å². The molecule has 0 fully saturated rings. The van der Waals surface area contributed by atoms with E-state index in [2.05, 4.69) is 18.3 Å². The SMILES string of the molecule is CCc1ccc2oc(=O)cc(CNCc3ccc4c(c3)OCCCO4)c2c1. The second-order valence-electron chi connectivity index (χ2n) is 6.71. The van der Waals surface area contributed by atoms with Crippen LogP contribution in [0.3, 0.4) is 0 Å². The number of fused-ring (bicyclic) bond motifs is 2. The lowest BCUT2D eigenvalue weighted by Gasteiger charge is -2.11. The Hall–Kier alpha value is -2.79. The van der Waals surface area contributed by atoms with Gasteiger partial charge in [-0.15, -0.1) is 0 Å². The van der Waals surface area contributed by atoms with Crippen LogP contribution in [0.15, 0.2) is 51.7 Å². The molecule has 0 atom stereocenters. The average Bonchev–Trinajstić information content (AvgIpc) is 2.92. The summed E-state index contributed by atoms with van der Waals surface area (Å²) in [5.74, 6) is 1.60. The summed E-state index contributed by atoms with van der Waals surface area (Å²) < 4.78 is 16.7. The van der Waals surface area contributed by atoms with Crippen LogP contribution in [-0.4, -0.2) is 13.2 Å². The van der Waals surface area contributed by atoms with Crippen LogP contribution >= 0.6 is 0 Å². The molecule has 0 spiro atoms. The summed E-state index contributed by atoms with van der Waals surface area (Å²) in [6, 6.07) is 13.6. The van der Waals surface area contributed by atoms with E-state index in [0.29, 0.717) is 31.9 Å². The lowest BCUT2D eigenvalue weighted by Crippen LogP contribution is -2.15. The highest BCUT2D eigenvalue weighted by atomic mass is 16.5. The van der Waals surface area contributed by atoms with E-state index in [9.17, 15) is 4.79 Å². The molecular weight excluding hydrogens is 342 g/mol. The van der Waals surface area contributed by atoms with E-state index in [-0.39, 0.29) is 5.63 Å². The summed E-state index contributed by atoms with van der Waals surface area (Å²) in [5, 5.41) is 4.41. The largest absolute Gasteiger partial charge is 0.490 e. The zero-order valence-corrected chi connectivity index (χ0v) is 15.4. The van der Waals surface area contributed by atoms with Gasteiger partial charge >= 0.3 is 5.63 Å². The smallest absolute Gasteiger partial charge is 0.336 e. The highest BCUT2D eigenvalue weighted by molar-refractivity contribution is 5.80. The Morgan fingerprint density at radius 2 is 1.74 bits per heavy atom. The van der Waals surface area contributed by atoms with E-state index in [1.54, 1.807) is 6.07 Å². The highest BCUT2D eigenvalue weighted by Gasteiger charge is 2.11. The maximum atomic E-state index is 11.9. The van der Waals surface area contributed by atoms with Gasteiger partial charge in [0.15, 0.2) is 11.5 Å². The molecule has 0 unspecified atom stereocenters. The van der Waals surface area contributed by atoms with Crippen LogP contribution in [0.1, 0.15) is 30.0 Å². The Morgan fingerprint density at radius 1 is 0.926 bits per heavy atom. The number of nitrogens with one attached hydrogen (secondary N) is 1. The summed E-state index contributed by atoms with van der Waals surface area (Å²) in [6.45, 7) is 4.74. The van der Waals surface area contributed by atoms with E-state index < -0.39 is 0 Å². The molecular formula is C22H23NO4. The molecule has 1 aliphatic rings. The average molecular weight is 365 g/mol. The fraction of sp³-hybridized carbons (Fsp3) is 0.318. The minimum absolute atomic E-state index is 0.320. The Balaban J connectivity index is 1.50. The topological polar surface area (TPSA) is 60.7 Å². The van der Waals surface area contributed by atoms with E-state index in [0.717, 1.165) is 40.9 Å². The third-order valence-corrected chi connectivity index (χ3v) is 4.76. The van der Waals surface area contributed by atoms with Crippen molar-refractivity contribution < 1.29 is 13.9 Å². The first-order valence-corrected chi connectivity index (χ1v) is 9.38. The molecule has 0 radical (unpaired) electrons. The molecule has 0 aliphatic carbocycles. The molecule has 0 saturated carbocycles. The number of hydrogen-bond donors (Lipinski definition) is 1. The Labute approximate surface area is 157 Å². The van der Waals surface area contributed by atoms with Gasteiger partial charge in [-0.25, -0.2) is 4.79 Å². The van der Waals surface area contributed by atoms with Crippen LogP contribution in [0.5, 0.6) is 11.5 Å².